The van der Waals surface area contributed by atoms with Gasteiger partial charge in [0.15, 0.2) is 0 Å². The minimum atomic E-state index is -0.533. The van der Waals surface area contributed by atoms with Crippen molar-refractivity contribution in [1.82, 2.24) is 4.90 Å². The van der Waals surface area contributed by atoms with Crippen LogP contribution in [0.2, 0.25) is 0 Å². The van der Waals surface area contributed by atoms with Crippen molar-refractivity contribution in [3.8, 4) is 0 Å². The maximum absolute atomic E-state index is 13.6. The molecule has 7 heteroatoms. The van der Waals surface area contributed by atoms with Crippen molar-refractivity contribution in [2.45, 2.75) is 12.6 Å². The number of fused-ring (bicyclic) bond motifs is 1. The van der Waals surface area contributed by atoms with Crippen molar-refractivity contribution in [3.63, 3.8) is 0 Å². The molecular weight excluding hydrogens is 438 g/mol. The minimum absolute atomic E-state index is 0.168. The van der Waals surface area contributed by atoms with Gasteiger partial charge in [-0.25, -0.2) is 13.6 Å². The molecule has 0 saturated carbocycles. The van der Waals surface area contributed by atoms with Crippen LogP contribution >= 0.6 is 0 Å². The number of aliphatic hydroxyl groups excluding tert-OH is 1. The zero-order valence-electron chi connectivity index (χ0n) is 18.5. The van der Waals surface area contributed by atoms with Crippen LogP contribution in [-0.2, 0) is 6.61 Å². The Morgan fingerprint density at radius 1 is 0.824 bits per heavy atom. The van der Waals surface area contributed by atoms with Gasteiger partial charge in [0.1, 0.15) is 17.2 Å². The predicted molar refractivity (Wildman–Crippen MR) is 127 cm³/mol. The Bertz CT molecular complexity index is 1300. The number of aliphatic hydroxyl groups is 1. The Morgan fingerprint density at radius 3 is 1.94 bits per heavy atom. The quantitative estimate of drug-likeness (QED) is 0.444. The lowest BCUT2D eigenvalue weighted by molar-refractivity contribution is 0.211. The highest BCUT2D eigenvalue weighted by molar-refractivity contribution is 5.92. The van der Waals surface area contributed by atoms with E-state index < -0.39 is 12.2 Å². The number of benzene rings is 3. The third kappa shape index (κ3) is 4.20. The van der Waals surface area contributed by atoms with Gasteiger partial charge < -0.3 is 14.4 Å². The molecule has 1 aliphatic rings. The fourth-order valence-electron chi connectivity index (χ4n) is 4.78. The zero-order chi connectivity index (χ0) is 23.7. The van der Waals surface area contributed by atoms with E-state index in [1.54, 1.807) is 30.3 Å². The number of para-hydroxylation sites is 1. The van der Waals surface area contributed by atoms with Crippen molar-refractivity contribution in [1.29, 1.82) is 0 Å². The molecule has 174 valence electrons. The number of anilines is 1. The maximum atomic E-state index is 13.6. The molecule has 1 aliphatic heterocycles. The molecule has 3 aromatic carbocycles. The fourth-order valence-corrected chi connectivity index (χ4v) is 4.78. The number of nitrogens with zero attached hydrogens (tertiary/aromatic N) is 2. The van der Waals surface area contributed by atoms with E-state index in [0.29, 0.717) is 37.4 Å². The van der Waals surface area contributed by atoms with Crippen molar-refractivity contribution in [2.24, 2.45) is 0 Å². The molecule has 0 spiro atoms. The van der Waals surface area contributed by atoms with Gasteiger partial charge in [0.2, 0.25) is 0 Å². The van der Waals surface area contributed by atoms with Crippen LogP contribution in [0.1, 0.15) is 22.7 Å². The summed E-state index contributed by atoms with van der Waals surface area (Å²) >= 11 is 0. The monoisotopic (exact) mass is 462 g/mol. The standard InChI is InChI=1S/C27H24F2N2O3/c28-20-9-5-18(6-10-20)25(19-7-11-21(29)12-8-19)30-13-15-31(16-14-30)26-22-3-1-2-4-24(22)34-27(33)23(26)17-32/h1-12,25,32H,13-17H2. The van der Waals surface area contributed by atoms with Gasteiger partial charge in [-0.2, -0.15) is 0 Å². The van der Waals surface area contributed by atoms with Crippen LogP contribution in [0.15, 0.2) is 82.0 Å². The second-order valence-corrected chi connectivity index (χ2v) is 8.40. The highest BCUT2D eigenvalue weighted by atomic mass is 19.1. The first-order valence-electron chi connectivity index (χ1n) is 11.2. The van der Waals surface area contributed by atoms with E-state index in [1.807, 2.05) is 18.2 Å². The van der Waals surface area contributed by atoms with Crippen LogP contribution in [0.3, 0.4) is 0 Å². The number of hydrogen-bond acceptors (Lipinski definition) is 5. The molecule has 0 aliphatic carbocycles. The van der Waals surface area contributed by atoms with E-state index in [-0.39, 0.29) is 23.2 Å². The predicted octanol–water partition coefficient (Wildman–Crippen LogP) is 4.48. The zero-order valence-corrected chi connectivity index (χ0v) is 18.5. The van der Waals surface area contributed by atoms with Crippen molar-refractivity contribution in [3.05, 3.63) is 112 Å². The molecule has 5 rings (SSSR count). The molecule has 0 atom stereocenters. The second kappa shape index (κ2) is 9.37. The molecule has 1 aromatic heterocycles. The van der Waals surface area contributed by atoms with Crippen LogP contribution in [-0.4, -0.2) is 36.2 Å². The largest absolute Gasteiger partial charge is 0.422 e. The van der Waals surface area contributed by atoms with Gasteiger partial charge in [-0.05, 0) is 47.5 Å². The molecule has 2 heterocycles. The Morgan fingerprint density at radius 2 is 1.38 bits per heavy atom. The lowest BCUT2D eigenvalue weighted by Gasteiger charge is -2.41. The first-order valence-corrected chi connectivity index (χ1v) is 11.2. The van der Waals surface area contributed by atoms with E-state index >= 15 is 0 Å². The topological polar surface area (TPSA) is 56.9 Å². The Hall–Kier alpha value is -3.55. The minimum Gasteiger partial charge on any atom is -0.422 e. The van der Waals surface area contributed by atoms with Crippen molar-refractivity contribution in [2.75, 3.05) is 31.1 Å². The SMILES string of the molecule is O=c1oc2ccccc2c(N2CCN(C(c3ccc(F)cc3)c3ccc(F)cc3)CC2)c1CO. The summed E-state index contributed by atoms with van der Waals surface area (Å²) in [6, 6.07) is 19.9. The molecule has 0 bridgehead atoms. The highest BCUT2D eigenvalue weighted by Crippen LogP contribution is 2.33. The molecule has 0 amide bonds. The van der Waals surface area contributed by atoms with Gasteiger partial charge in [0.25, 0.3) is 0 Å². The van der Waals surface area contributed by atoms with E-state index in [0.717, 1.165) is 16.5 Å². The van der Waals surface area contributed by atoms with Gasteiger partial charge in [0.05, 0.1) is 23.9 Å². The summed E-state index contributed by atoms with van der Waals surface area (Å²) in [5.41, 5.74) is 2.74. The van der Waals surface area contributed by atoms with Crippen LogP contribution in [0.25, 0.3) is 11.0 Å². The highest BCUT2D eigenvalue weighted by Gasteiger charge is 2.29. The van der Waals surface area contributed by atoms with Crippen LogP contribution in [0.5, 0.6) is 0 Å². The van der Waals surface area contributed by atoms with E-state index in [4.69, 9.17) is 4.42 Å². The molecule has 34 heavy (non-hydrogen) atoms. The third-order valence-corrected chi connectivity index (χ3v) is 6.40. The molecule has 1 fully saturated rings. The molecular formula is C27H24F2N2O3. The van der Waals surface area contributed by atoms with Gasteiger partial charge >= 0.3 is 5.63 Å². The molecule has 5 nitrogen and oxygen atoms in total. The first-order chi connectivity index (χ1) is 16.5. The Labute approximate surface area is 195 Å². The van der Waals surface area contributed by atoms with Crippen molar-refractivity contribution < 1.29 is 18.3 Å². The van der Waals surface area contributed by atoms with E-state index in [2.05, 4.69) is 9.80 Å². The molecule has 0 unspecified atom stereocenters. The number of piperazine rings is 1. The van der Waals surface area contributed by atoms with Crippen LogP contribution < -0.4 is 10.5 Å². The second-order valence-electron chi connectivity index (χ2n) is 8.40. The third-order valence-electron chi connectivity index (χ3n) is 6.40. The van der Waals surface area contributed by atoms with Gasteiger partial charge in [0, 0.05) is 31.6 Å². The summed E-state index contributed by atoms with van der Waals surface area (Å²) in [4.78, 5) is 16.9. The summed E-state index contributed by atoms with van der Waals surface area (Å²) < 4.78 is 32.6. The lowest BCUT2D eigenvalue weighted by Crippen LogP contribution is -2.48. The average Bonchev–Trinajstić information content (AvgIpc) is 2.86. The van der Waals surface area contributed by atoms with E-state index in [9.17, 15) is 18.7 Å². The van der Waals surface area contributed by atoms with Gasteiger partial charge in [-0.1, -0.05) is 36.4 Å². The van der Waals surface area contributed by atoms with Crippen molar-refractivity contribution >= 4 is 16.7 Å². The van der Waals surface area contributed by atoms with Gasteiger partial charge in [-0.3, -0.25) is 4.90 Å². The summed E-state index contributed by atoms with van der Waals surface area (Å²) in [5.74, 6) is -0.615. The van der Waals surface area contributed by atoms with Crippen LogP contribution in [0.4, 0.5) is 14.5 Å². The lowest BCUT2D eigenvalue weighted by atomic mass is 9.96. The molecule has 1 saturated heterocycles. The molecule has 0 radical (unpaired) electrons. The summed E-state index contributed by atoms with van der Waals surface area (Å²) in [5, 5.41) is 10.7. The smallest absolute Gasteiger partial charge is 0.343 e. The average molecular weight is 462 g/mol. The maximum Gasteiger partial charge on any atom is 0.343 e. The molecule has 1 N–H and O–H groups in total. The Balaban J connectivity index is 1.47. The van der Waals surface area contributed by atoms with Crippen LogP contribution in [0, 0.1) is 11.6 Å². The number of rotatable bonds is 5. The number of halogens is 2. The van der Waals surface area contributed by atoms with Gasteiger partial charge in [-0.15, -0.1) is 0 Å². The Kier molecular flexibility index (Phi) is 6.13. The fraction of sp³-hybridized carbons (Fsp3) is 0.222. The summed E-state index contributed by atoms with van der Waals surface area (Å²) in [6.45, 7) is 2.12. The first kappa shape index (κ1) is 22.3. The normalized spacial score (nSPS) is 14.8. The number of hydrogen-bond donors (Lipinski definition) is 1. The van der Waals surface area contributed by atoms with E-state index in [1.165, 1.54) is 24.3 Å². The summed E-state index contributed by atoms with van der Waals surface area (Å²) in [7, 11) is 0. The summed E-state index contributed by atoms with van der Waals surface area (Å²) in [6.07, 6.45) is 0. The molecule has 4 aromatic rings.